The van der Waals surface area contributed by atoms with E-state index in [1.54, 1.807) is 24.3 Å². The van der Waals surface area contributed by atoms with Gasteiger partial charge in [-0.1, -0.05) is 41.4 Å². The van der Waals surface area contributed by atoms with Gasteiger partial charge in [0.15, 0.2) is 0 Å². The Bertz CT molecular complexity index is 740. The lowest BCUT2D eigenvalue weighted by atomic mass is 10.0. The summed E-state index contributed by atoms with van der Waals surface area (Å²) < 4.78 is 0. The molecule has 0 aliphatic carbocycles. The molecule has 3 rings (SSSR count). The maximum Gasteiger partial charge on any atom is 0.319 e. The average molecular weight is 387 g/mol. The normalized spacial score (nSPS) is 16.7. The van der Waals surface area contributed by atoms with Crippen molar-refractivity contribution in [3.63, 3.8) is 0 Å². The minimum atomic E-state index is -0.205. The zero-order valence-corrected chi connectivity index (χ0v) is 16.7. The van der Waals surface area contributed by atoms with Gasteiger partial charge < -0.3 is 15.5 Å². The van der Waals surface area contributed by atoms with Gasteiger partial charge in [0.2, 0.25) is 0 Å². The first-order valence-corrected chi connectivity index (χ1v) is 9.68. The molecule has 0 saturated carbocycles. The fourth-order valence-corrected chi connectivity index (χ4v) is 3.40. The molecule has 27 heavy (non-hydrogen) atoms. The molecule has 0 bridgehead atoms. The first-order chi connectivity index (χ1) is 13.0. The van der Waals surface area contributed by atoms with Crippen LogP contribution in [0.15, 0.2) is 48.5 Å². The molecule has 0 unspecified atom stereocenters. The third-order valence-corrected chi connectivity index (χ3v) is 5.25. The van der Waals surface area contributed by atoms with E-state index in [9.17, 15) is 4.79 Å². The van der Waals surface area contributed by atoms with Crippen LogP contribution >= 0.6 is 11.6 Å². The predicted octanol–water partition coefficient (Wildman–Crippen LogP) is 3.76. The van der Waals surface area contributed by atoms with Crippen molar-refractivity contribution in [3.05, 3.63) is 64.7 Å². The van der Waals surface area contributed by atoms with Gasteiger partial charge in [0.25, 0.3) is 0 Å². The van der Waals surface area contributed by atoms with Crippen LogP contribution in [0.4, 0.5) is 10.5 Å². The molecule has 144 valence electrons. The van der Waals surface area contributed by atoms with Crippen molar-refractivity contribution in [1.82, 2.24) is 15.1 Å². The summed E-state index contributed by atoms with van der Waals surface area (Å²) in [4.78, 5) is 17.1. The van der Waals surface area contributed by atoms with Gasteiger partial charge in [0, 0.05) is 43.4 Å². The molecule has 2 amide bonds. The topological polar surface area (TPSA) is 47.6 Å². The quantitative estimate of drug-likeness (QED) is 0.822. The molecule has 1 aliphatic rings. The largest absolute Gasteiger partial charge is 0.336 e. The summed E-state index contributed by atoms with van der Waals surface area (Å²) in [6.07, 6.45) is 0. The Balaban J connectivity index is 1.64. The Morgan fingerprint density at radius 1 is 1.04 bits per heavy atom. The minimum Gasteiger partial charge on any atom is -0.336 e. The number of carbonyl (C=O) groups is 1. The first kappa shape index (κ1) is 19.7. The molecule has 6 heteroatoms. The summed E-state index contributed by atoms with van der Waals surface area (Å²) in [6.45, 7) is 6.72. The van der Waals surface area contributed by atoms with Gasteiger partial charge in [0.05, 0.1) is 6.04 Å². The zero-order valence-electron chi connectivity index (χ0n) is 15.9. The van der Waals surface area contributed by atoms with Crippen molar-refractivity contribution in [1.29, 1.82) is 0 Å². The van der Waals surface area contributed by atoms with Gasteiger partial charge in [0.1, 0.15) is 0 Å². The molecule has 1 saturated heterocycles. The van der Waals surface area contributed by atoms with Crippen LogP contribution in [0, 0.1) is 6.92 Å². The molecule has 0 radical (unpaired) electrons. The van der Waals surface area contributed by atoms with E-state index < -0.39 is 0 Å². The van der Waals surface area contributed by atoms with E-state index in [0.717, 1.165) is 31.9 Å². The highest BCUT2D eigenvalue weighted by Gasteiger charge is 2.24. The van der Waals surface area contributed by atoms with Crippen molar-refractivity contribution in [2.24, 2.45) is 0 Å². The molecule has 2 aromatic carbocycles. The number of anilines is 1. The smallest absolute Gasteiger partial charge is 0.319 e. The van der Waals surface area contributed by atoms with Gasteiger partial charge in [-0.05, 0) is 43.8 Å². The van der Waals surface area contributed by atoms with Gasteiger partial charge in [-0.2, -0.15) is 0 Å². The lowest BCUT2D eigenvalue weighted by molar-refractivity contribution is 0.111. The second kappa shape index (κ2) is 9.22. The van der Waals surface area contributed by atoms with Crippen LogP contribution in [0.25, 0.3) is 0 Å². The first-order valence-electron chi connectivity index (χ1n) is 9.31. The SMILES string of the molecule is Cc1ccc([C@H](CNC(=O)Nc2ccc(Cl)cc2)N2CCN(C)CC2)cc1. The predicted molar refractivity (Wildman–Crippen MR) is 111 cm³/mol. The highest BCUT2D eigenvalue weighted by atomic mass is 35.5. The maximum atomic E-state index is 12.3. The molecule has 5 nitrogen and oxygen atoms in total. The molecule has 1 aliphatic heterocycles. The van der Waals surface area contributed by atoms with Crippen LogP contribution in [-0.4, -0.2) is 55.6 Å². The number of amides is 2. The number of benzene rings is 2. The van der Waals surface area contributed by atoms with Gasteiger partial charge >= 0.3 is 6.03 Å². The monoisotopic (exact) mass is 386 g/mol. The van der Waals surface area contributed by atoms with Crippen LogP contribution in [0.2, 0.25) is 5.02 Å². The Morgan fingerprint density at radius 3 is 2.30 bits per heavy atom. The number of aryl methyl sites for hydroxylation is 1. The van der Waals surface area contributed by atoms with E-state index in [4.69, 9.17) is 11.6 Å². The third-order valence-electron chi connectivity index (χ3n) is 5.00. The fraction of sp³-hybridized carbons (Fsp3) is 0.381. The van der Waals surface area contributed by atoms with E-state index >= 15 is 0 Å². The van der Waals surface area contributed by atoms with E-state index in [1.807, 2.05) is 0 Å². The summed E-state index contributed by atoms with van der Waals surface area (Å²) in [7, 11) is 2.15. The Morgan fingerprint density at radius 2 is 1.67 bits per heavy atom. The summed E-state index contributed by atoms with van der Waals surface area (Å²) in [5.41, 5.74) is 3.20. The van der Waals surface area contributed by atoms with Crippen LogP contribution in [0.5, 0.6) is 0 Å². The van der Waals surface area contributed by atoms with Crippen molar-refractivity contribution in [2.45, 2.75) is 13.0 Å². The number of urea groups is 1. The van der Waals surface area contributed by atoms with Crippen molar-refractivity contribution >= 4 is 23.3 Å². The standard InChI is InChI=1S/C21H27ClN4O/c1-16-3-5-17(6-4-16)20(26-13-11-25(2)12-14-26)15-23-21(27)24-19-9-7-18(22)8-10-19/h3-10,20H,11-15H2,1-2H3,(H2,23,24,27)/t20-/m0/s1. The number of nitrogens with zero attached hydrogens (tertiary/aromatic N) is 2. The number of halogens is 1. The summed E-state index contributed by atoms with van der Waals surface area (Å²) in [6, 6.07) is 15.7. The summed E-state index contributed by atoms with van der Waals surface area (Å²) in [5, 5.41) is 6.54. The summed E-state index contributed by atoms with van der Waals surface area (Å²) >= 11 is 5.89. The highest BCUT2D eigenvalue weighted by molar-refractivity contribution is 6.30. The Hall–Kier alpha value is -2.08. The minimum absolute atomic E-state index is 0.162. The molecule has 1 atom stereocenters. The van der Waals surface area contributed by atoms with E-state index in [0.29, 0.717) is 11.6 Å². The number of likely N-dealkylation sites (N-methyl/N-ethyl adjacent to an activating group) is 1. The second-order valence-corrected chi connectivity index (χ2v) is 7.54. The number of piperazine rings is 1. The molecule has 1 heterocycles. The molecule has 0 aromatic heterocycles. The average Bonchev–Trinajstić information content (AvgIpc) is 2.66. The van der Waals surface area contributed by atoms with Crippen molar-refractivity contribution in [3.8, 4) is 0 Å². The Kier molecular flexibility index (Phi) is 6.72. The van der Waals surface area contributed by atoms with Crippen molar-refractivity contribution < 1.29 is 4.79 Å². The molecule has 2 aromatic rings. The molecule has 2 N–H and O–H groups in total. The molecule has 0 spiro atoms. The molecular formula is C21H27ClN4O. The zero-order chi connectivity index (χ0) is 19.2. The lowest BCUT2D eigenvalue weighted by Gasteiger charge is -2.38. The van der Waals surface area contributed by atoms with Crippen LogP contribution in [-0.2, 0) is 0 Å². The van der Waals surface area contributed by atoms with E-state index in [2.05, 4.69) is 58.7 Å². The second-order valence-electron chi connectivity index (χ2n) is 7.11. The van der Waals surface area contributed by atoms with Crippen LogP contribution < -0.4 is 10.6 Å². The van der Waals surface area contributed by atoms with Gasteiger partial charge in [-0.3, -0.25) is 4.90 Å². The van der Waals surface area contributed by atoms with E-state index in [1.165, 1.54) is 11.1 Å². The highest BCUT2D eigenvalue weighted by Crippen LogP contribution is 2.22. The summed E-state index contributed by atoms with van der Waals surface area (Å²) in [5.74, 6) is 0. The third kappa shape index (κ3) is 5.70. The molecule has 1 fully saturated rings. The number of rotatable bonds is 5. The van der Waals surface area contributed by atoms with Crippen molar-refractivity contribution in [2.75, 3.05) is 45.1 Å². The van der Waals surface area contributed by atoms with Crippen LogP contribution in [0.1, 0.15) is 17.2 Å². The van der Waals surface area contributed by atoms with Gasteiger partial charge in [-0.25, -0.2) is 4.79 Å². The van der Waals surface area contributed by atoms with Gasteiger partial charge in [-0.15, -0.1) is 0 Å². The number of carbonyl (C=O) groups excluding carboxylic acids is 1. The van der Waals surface area contributed by atoms with E-state index in [-0.39, 0.29) is 12.1 Å². The maximum absolute atomic E-state index is 12.3. The number of nitrogens with one attached hydrogen (secondary N) is 2. The number of hydrogen-bond acceptors (Lipinski definition) is 3. The lowest BCUT2D eigenvalue weighted by Crippen LogP contribution is -2.48. The fourth-order valence-electron chi connectivity index (χ4n) is 3.28. The van der Waals surface area contributed by atoms with Crippen LogP contribution in [0.3, 0.4) is 0 Å². The molecular weight excluding hydrogens is 360 g/mol. The number of hydrogen-bond donors (Lipinski definition) is 2. The Labute approximate surface area is 166 Å².